The third-order valence-electron chi connectivity index (χ3n) is 4.53. The normalized spacial score (nSPS) is 18.8. The molecule has 0 amide bonds. The van der Waals surface area contributed by atoms with Gasteiger partial charge in [0.05, 0.1) is 0 Å². The lowest BCUT2D eigenvalue weighted by atomic mass is 9.83. The van der Waals surface area contributed by atoms with Gasteiger partial charge in [0.1, 0.15) is 0 Å². The molecule has 1 heterocycles. The Hall–Kier alpha value is -0.860. The van der Waals surface area contributed by atoms with Gasteiger partial charge in [-0.1, -0.05) is 50.3 Å². The van der Waals surface area contributed by atoms with Gasteiger partial charge in [0.25, 0.3) is 0 Å². The Morgan fingerprint density at radius 1 is 1.21 bits per heavy atom. The number of hydrogen-bond acceptors (Lipinski definition) is 2. The zero-order valence-electron chi connectivity index (χ0n) is 11.7. The van der Waals surface area contributed by atoms with Crippen LogP contribution in [0.5, 0.6) is 0 Å². The van der Waals surface area contributed by atoms with Crippen LogP contribution in [0.25, 0.3) is 10.1 Å². The van der Waals surface area contributed by atoms with E-state index in [1.54, 1.807) is 0 Å². The zero-order chi connectivity index (χ0) is 13.1. The van der Waals surface area contributed by atoms with E-state index in [2.05, 4.69) is 42.0 Å². The molecule has 2 heteroatoms. The van der Waals surface area contributed by atoms with Crippen LogP contribution >= 0.6 is 11.3 Å². The topological polar surface area (TPSA) is 12.0 Å². The van der Waals surface area contributed by atoms with Crippen molar-refractivity contribution in [3.05, 3.63) is 35.2 Å². The van der Waals surface area contributed by atoms with Gasteiger partial charge in [-0.2, -0.15) is 0 Å². The van der Waals surface area contributed by atoms with Crippen molar-refractivity contribution in [2.24, 2.45) is 5.92 Å². The molecule has 0 aliphatic heterocycles. The van der Waals surface area contributed by atoms with Gasteiger partial charge in [0.15, 0.2) is 0 Å². The Morgan fingerprint density at radius 2 is 2.05 bits per heavy atom. The largest absolute Gasteiger partial charge is 0.313 e. The average molecular weight is 273 g/mol. The van der Waals surface area contributed by atoms with Gasteiger partial charge in [-0.15, -0.1) is 11.3 Å². The zero-order valence-corrected chi connectivity index (χ0v) is 12.5. The van der Waals surface area contributed by atoms with Crippen LogP contribution in [-0.4, -0.2) is 7.05 Å². The molecule has 1 aliphatic carbocycles. The van der Waals surface area contributed by atoms with Crippen LogP contribution in [-0.2, 0) is 0 Å². The van der Waals surface area contributed by atoms with Crippen LogP contribution in [0.3, 0.4) is 0 Å². The monoisotopic (exact) mass is 273 g/mol. The van der Waals surface area contributed by atoms with E-state index in [0.717, 1.165) is 5.92 Å². The quantitative estimate of drug-likeness (QED) is 0.814. The molecule has 1 aliphatic rings. The molecule has 2 aromatic rings. The van der Waals surface area contributed by atoms with Crippen molar-refractivity contribution in [3.8, 4) is 0 Å². The second kappa shape index (κ2) is 6.06. The summed E-state index contributed by atoms with van der Waals surface area (Å²) in [6.07, 6.45) is 8.47. The molecule has 1 aromatic heterocycles. The summed E-state index contributed by atoms with van der Waals surface area (Å²) in [5, 5.41) is 7.16. The lowest BCUT2D eigenvalue weighted by Gasteiger charge is -2.27. The Bertz CT molecular complexity index is 525. The molecule has 1 unspecified atom stereocenters. The summed E-state index contributed by atoms with van der Waals surface area (Å²) in [5.41, 5.74) is 1.50. The highest BCUT2D eigenvalue weighted by atomic mass is 32.1. The minimum Gasteiger partial charge on any atom is -0.313 e. The summed E-state index contributed by atoms with van der Waals surface area (Å²) < 4.78 is 1.47. The van der Waals surface area contributed by atoms with E-state index < -0.39 is 0 Å². The van der Waals surface area contributed by atoms with Gasteiger partial charge in [-0.25, -0.2) is 0 Å². The van der Waals surface area contributed by atoms with Crippen molar-refractivity contribution in [3.63, 3.8) is 0 Å². The van der Waals surface area contributed by atoms with Crippen molar-refractivity contribution in [2.75, 3.05) is 7.05 Å². The lowest BCUT2D eigenvalue weighted by molar-refractivity contribution is 0.306. The van der Waals surface area contributed by atoms with Crippen LogP contribution < -0.4 is 5.32 Å². The first kappa shape index (κ1) is 13.1. The summed E-state index contributed by atoms with van der Waals surface area (Å²) >= 11 is 1.88. The molecule has 102 valence electrons. The van der Waals surface area contributed by atoms with E-state index in [0.29, 0.717) is 6.04 Å². The lowest BCUT2D eigenvalue weighted by Crippen LogP contribution is -2.21. The number of thiophene rings is 1. The Labute approximate surface area is 120 Å². The fourth-order valence-electron chi connectivity index (χ4n) is 3.45. The Morgan fingerprint density at radius 3 is 2.84 bits per heavy atom. The predicted molar refractivity (Wildman–Crippen MR) is 84.8 cm³/mol. The van der Waals surface area contributed by atoms with E-state index in [-0.39, 0.29) is 0 Å². The predicted octanol–water partition coefficient (Wildman–Crippen LogP) is 5.13. The SMILES string of the molecule is CNC(CC1CCCCC1)c1cccc2ccsc12. The first-order chi connectivity index (χ1) is 9.38. The van der Waals surface area contributed by atoms with Gasteiger partial charge >= 0.3 is 0 Å². The minimum atomic E-state index is 0.519. The third kappa shape index (κ3) is 2.85. The van der Waals surface area contributed by atoms with Gasteiger partial charge in [-0.3, -0.25) is 0 Å². The molecule has 0 spiro atoms. The fourth-order valence-corrected chi connectivity index (χ4v) is 4.42. The van der Waals surface area contributed by atoms with E-state index in [1.165, 1.54) is 54.2 Å². The second-order valence-corrected chi connectivity index (χ2v) is 6.68. The summed E-state index contributed by atoms with van der Waals surface area (Å²) in [4.78, 5) is 0. The number of nitrogens with one attached hydrogen (secondary N) is 1. The first-order valence-electron chi connectivity index (χ1n) is 7.52. The van der Waals surface area contributed by atoms with Crippen molar-refractivity contribution in [1.29, 1.82) is 0 Å². The van der Waals surface area contributed by atoms with E-state index in [9.17, 15) is 0 Å². The number of hydrogen-bond donors (Lipinski definition) is 1. The average Bonchev–Trinajstić information content (AvgIpc) is 2.94. The summed E-state index contributed by atoms with van der Waals surface area (Å²) in [7, 11) is 2.11. The summed E-state index contributed by atoms with van der Waals surface area (Å²) in [6.45, 7) is 0. The van der Waals surface area contributed by atoms with Crippen LogP contribution in [0, 0.1) is 5.92 Å². The highest BCUT2D eigenvalue weighted by molar-refractivity contribution is 7.17. The molecule has 1 fully saturated rings. The molecule has 1 nitrogen and oxygen atoms in total. The maximum absolute atomic E-state index is 3.55. The number of rotatable bonds is 4. The van der Waals surface area contributed by atoms with Crippen LogP contribution in [0.15, 0.2) is 29.6 Å². The highest BCUT2D eigenvalue weighted by Gasteiger charge is 2.20. The summed E-state index contributed by atoms with van der Waals surface area (Å²) in [5.74, 6) is 0.918. The maximum atomic E-state index is 3.55. The van der Waals surface area contributed by atoms with Gasteiger partial charge in [0.2, 0.25) is 0 Å². The molecule has 1 N–H and O–H groups in total. The van der Waals surface area contributed by atoms with Crippen molar-refractivity contribution < 1.29 is 0 Å². The second-order valence-electron chi connectivity index (χ2n) is 5.77. The van der Waals surface area contributed by atoms with Crippen molar-refractivity contribution >= 4 is 21.4 Å². The smallest absolute Gasteiger partial charge is 0.0390 e. The van der Waals surface area contributed by atoms with Gasteiger partial charge in [0, 0.05) is 10.7 Å². The third-order valence-corrected chi connectivity index (χ3v) is 5.51. The molecule has 0 saturated heterocycles. The molecule has 3 rings (SSSR count). The Balaban J connectivity index is 1.82. The molecule has 0 radical (unpaired) electrons. The van der Waals surface area contributed by atoms with Gasteiger partial charge in [-0.05, 0) is 41.8 Å². The fraction of sp³-hybridized carbons (Fsp3) is 0.529. The molecular weight excluding hydrogens is 250 g/mol. The van der Waals surface area contributed by atoms with Crippen LogP contribution in [0.1, 0.15) is 50.1 Å². The van der Waals surface area contributed by atoms with Crippen molar-refractivity contribution in [1.82, 2.24) is 5.32 Å². The summed E-state index contributed by atoms with van der Waals surface area (Å²) in [6, 6.07) is 9.49. The van der Waals surface area contributed by atoms with Crippen molar-refractivity contribution in [2.45, 2.75) is 44.6 Å². The molecule has 19 heavy (non-hydrogen) atoms. The number of benzene rings is 1. The molecular formula is C17H23NS. The van der Waals surface area contributed by atoms with Gasteiger partial charge < -0.3 is 5.32 Å². The molecule has 1 aromatic carbocycles. The van der Waals surface area contributed by atoms with E-state index >= 15 is 0 Å². The standard InChI is InChI=1S/C17H23NS/c1-18-16(12-13-6-3-2-4-7-13)15-9-5-8-14-10-11-19-17(14)15/h5,8-11,13,16,18H,2-4,6-7,12H2,1H3. The molecule has 1 saturated carbocycles. The maximum Gasteiger partial charge on any atom is 0.0390 e. The van der Waals surface area contributed by atoms with E-state index in [4.69, 9.17) is 0 Å². The first-order valence-corrected chi connectivity index (χ1v) is 8.40. The Kier molecular flexibility index (Phi) is 4.19. The minimum absolute atomic E-state index is 0.519. The highest BCUT2D eigenvalue weighted by Crippen LogP contribution is 2.35. The molecule has 1 atom stereocenters. The van der Waals surface area contributed by atoms with E-state index in [1.807, 2.05) is 11.3 Å². The number of fused-ring (bicyclic) bond motifs is 1. The molecule has 0 bridgehead atoms. The van der Waals surface area contributed by atoms with Crippen LogP contribution in [0.4, 0.5) is 0 Å². The van der Waals surface area contributed by atoms with Crippen LogP contribution in [0.2, 0.25) is 0 Å².